The van der Waals surface area contributed by atoms with E-state index in [0.717, 1.165) is 11.8 Å². The van der Waals surface area contributed by atoms with Gasteiger partial charge in [-0.1, -0.05) is 30.3 Å². The van der Waals surface area contributed by atoms with Gasteiger partial charge in [0.15, 0.2) is 5.85 Å². The first kappa shape index (κ1) is 18.3. The van der Waals surface area contributed by atoms with E-state index in [-0.39, 0.29) is 19.6 Å². The van der Waals surface area contributed by atoms with Gasteiger partial charge in [-0.25, -0.2) is 0 Å². The van der Waals surface area contributed by atoms with Crippen LogP contribution in [0.15, 0.2) is 30.3 Å². The van der Waals surface area contributed by atoms with E-state index in [4.69, 9.17) is 13.2 Å². The van der Waals surface area contributed by atoms with E-state index < -0.39 is 23.6 Å². The minimum Gasteiger partial charge on any atom is -0.307 e. The van der Waals surface area contributed by atoms with Gasteiger partial charge < -0.3 is 9.05 Å². The minimum atomic E-state index is -3.80. The summed E-state index contributed by atoms with van der Waals surface area (Å²) in [6.45, 7) is 3.59. The zero-order valence-electron chi connectivity index (χ0n) is 12.4. The lowest BCUT2D eigenvalue weighted by molar-refractivity contribution is 0.164. The molecule has 120 valence electrons. The minimum absolute atomic E-state index is 0.116. The summed E-state index contributed by atoms with van der Waals surface area (Å²) in [5.41, 5.74) is 0.783. The fourth-order valence-electron chi connectivity index (χ4n) is 1.78. The van der Waals surface area contributed by atoms with E-state index in [9.17, 15) is 13.0 Å². The Labute approximate surface area is 126 Å². The lowest BCUT2D eigenvalue weighted by Gasteiger charge is -2.25. The standard InChI is InChI=1S/C13H21O6PS/c1-4-17-20(14,18-5-2)13(19-21(3,15)16)11-12-9-7-6-8-10-12/h6-10,13H,4-5,11H2,1-3H3. The molecule has 0 radical (unpaired) electrons. The molecule has 0 amide bonds. The molecular formula is C13H21O6PS. The van der Waals surface area contributed by atoms with Crippen LogP contribution in [0.25, 0.3) is 0 Å². The maximum absolute atomic E-state index is 12.8. The average Bonchev–Trinajstić information content (AvgIpc) is 2.38. The molecule has 6 nitrogen and oxygen atoms in total. The second kappa shape index (κ2) is 8.06. The average molecular weight is 336 g/mol. The van der Waals surface area contributed by atoms with Crippen molar-refractivity contribution in [1.82, 2.24) is 0 Å². The van der Waals surface area contributed by atoms with E-state index in [0.29, 0.717) is 0 Å². The highest BCUT2D eigenvalue weighted by molar-refractivity contribution is 7.86. The Morgan fingerprint density at radius 2 is 1.62 bits per heavy atom. The largest absolute Gasteiger partial charge is 0.361 e. The molecule has 0 saturated heterocycles. The van der Waals surface area contributed by atoms with Crippen molar-refractivity contribution >= 4 is 17.7 Å². The SMILES string of the molecule is CCOP(=O)(OCC)C(Cc1ccccc1)OS(C)(=O)=O. The molecule has 0 aromatic heterocycles. The zero-order chi connectivity index (χ0) is 15.9. The van der Waals surface area contributed by atoms with Gasteiger partial charge in [0.1, 0.15) is 0 Å². The molecule has 0 spiro atoms. The van der Waals surface area contributed by atoms with Crippen molar-refractivity contribution in [1.29, 1.82) is 0 Å². The number of hydrogen-bond acceptors (Lipinski definition) is 6. The topological polar surface area (TPSA) is 78.9 Å². The van der Waals surface area contributed by atoms with Crippen molar-refractivity contribution in [3.05, 3.63) is 35.9 Å². The van der Waals surface area contributed by atoms with Gasteiger partial charge in [0.2, 0.25) is 0 Å². The third-order valence-electron chi connectivity index (χ3n) is 2.51. The number of rotatable bonds is 9. The van der Waals surface area contributed by atoms with E-state index in [1.54, 1.807) is 38.1 Å². The Morgan fingerprint density at radius 1 is 1.10 bits per heavy atom. The predicted molar refractivity (Wildman–Crippen MR) is 80.7 cm³/mol. The van der Waals surface area contributed by atoms with Gasteiger partial charge >= 0.3 is 7.60 Å². The van der Waals surface area contributed by atoms with Gasteiger partial charge in [0.05, 0.1) is 19.5 Å². The summed E-state index contributed by atoms with van der Waals surface area (Å²) in [4.78, 5) is 0. The van der Waals surface area contributed by atoms with Crippen LogP contribution in [0.3, 0.4) is 0 Å². The van der Waals surface area contributed by atoms with Crippen molar-refractivity contribution in [3.8, 4) is 0 Å². The molecule has 0 aliphatic heterocycles. The molecular weight excluding hydrogens is 315 g/mol. The fourth-order valence-corrected chi connectivity index (χ4v) is 4.70. The first-order valence-electron chi connectivity index (χ1n) is 6.61. The molecule has 0 heterocycles. The molecule has 0 aliphatic carbocycles. The van der Waals surface area contributed by atoms with Crippen molar-refractivity contribution in [3.63, 3.8) is 0 Å². The molecule has 1 aromatic carbocycles. The molecule has 0 bridgehead atoms. The van der Waals surface area contributed by atoms with E-state index in [1.807, 2.05) is 6.07 Å². The molecule has 1 rings (SSSR count). The van der Waals surface area contributed by atoms with Gasteiger partial charge in [-0.15, -0.1) is 0 Å². The van der Waals surface area contributed by atoms with Gasteiger partial charge in [0.25, 0.3) is 10.1 Å². The maximum atomic E-state index is 12.8. The van der Waals surface area contributed by atoms with Gasteiger partial charge in [-0.05, 0) is 19.4 Å². The van der Waals surface area contributed by atoms with Crippen LogP contribution in [0.4, 0.5) is 0 Å². The molecule has 1 aromatic rings. The highest BCUT2D eigenvalue weighted by Gasteiger charge is 2.39. The molecule has 21 heavy (non-hydrogen) atoms. The summed E-state index contributed by atoms with van der Waals surface area (Å²) in [6, 6.07) is 9.03. The Kier molecular flexibility index (Phi) is 7.03. The van der Waals surface area contributed by atoms with Crippen LogP contribution in [0, 0.1) is 0 Å². The Morgan fingerprint density at radius 3 is 2.05 bits per heavy atom. The van der Waals surface area contributed by atoms with Crippen LogP contribution in [0.2, 0.25) is 0 Å². The van der Waals surface area contributed by atoms with Crippen molar-refractivity contribution in [2.75, 3.05) is 19.5 Å². The van der Waals surface area contributed by atoms with E-state index in [2.05, 4.69) is 0 Å². The summed E-state index contributed by atoms with van der Waals surface area (Å²) in [6.07, 6.45) is 1.03. The van der Waals surface area contributed by atoms with E-state index >= 15 is 0 Å². The lowest BCUT2D eigenvalue weighted by Crippen LogP contribution is -2.23. The van der Waals surface area contributed by atoms with Crippen molar-refractivity contribution in [2.24, 2.45) is 0 Å². The summed E-state index contributed by atoms with van der Waals surface area (Å²) < 4.78 is 51.0. The van der Waals surface area contributed by atoms with Gasteiger partial charge in [0, 0.05) is 6.42 Å². The molecule has 0 saturated carbocycles. The quantitative estimate of drug-likeness (QED) is 0.510. The third kappa shape index (κ3) is 6.28. The molecule has 0 fully saturated rings. The molecule has 1 atom stereocenters. The lowest BCUT2D eigenvalue weighted by atomic mass is 10.2. The Bertz CT molecular complexity index is 562. The first-order valence-corrected chi connectivity index (χ1v) is 10.0. The number of benzene rings is 1. The second-order valence-corrected chi connectivity index (χ2v) is 8.09. The van der Waals surface area contributed by atoms with E-state index in [1.165, 1.54) is 0 Å². The monoisotopic (exact) mass is 336 g/mol. The van der Waals surface area contributed by atoms with Crippen molar-refractivity contribution in [2.45, 2.75) is 26.1 Å². The highest BCUT2D eigenvalue weighted by Crippen LogP contribution is 2.54. The van der Waals surface area contributed by atoms with Crippen LogP contribution in [-0.4, -0.2) is 33.7 Å². The molecule has 8 heteroatoms. The summed E-state index contributed by atoms with van der Waals surface area (Å²) >= 11 is 0. The van der Waals surface area contributed by atoms with Crippen LogP contribution >= 0.6 is 7.60 Å². The maximum Gasteiger partial charge on any atom is 0.361 e. The van der Waals surface area contributed by atoms with Crippen LogP contribution < -0.4 is 0 Å². The predicted octanol–water partition coefficient (Wildman–Crippen LogP) is 2.80. The fraction of sp³-hybridized carbons (Fsp3) is 0.538. The second-order valence-electron chi connectivity index (χ2n) is 4.32. The summed E-state index contributed by atoms with van der Waals surface area (Å²) in [5, 5.41) is 0. The van der Waals surface area contributed by atoms with Crippen LogP contribution in [-0.2, 0) is 34.3 Å². The summed E-state index contributed by atoms with van der Waals surface area (Å²) in [5.74, 6) is -1.20. The summed E-state index contributed by atoms with van der Waals surface area (Å²) in [7, 11) is -7.49. The molecule has 0 aliphatic rings. The first-order chi connectivity index (χ1) is 9.80. The zero-order valence-corrected chi connectivity index (χ0v) is 14.1. The Balaban J connectivity index is 3.08. The van der Waals surface area contributed by atoms with Crippen LogP contribution in [0.5, 0.6) is 0 Å². The Hall–Kier alpha value is -0.720. The van der Waals surface area contributed by atoms with Gasteiger partial charge in [-0.3, -0.25) is 8.75 Å². The van der Waals surface area contributed by atoms with Crippen LogP contribution in [0.1, 0.15) is 19.4 Å². The third-order valence-corrected chi connectivity index (χ3v) is 5.46. The molecule has 0 N–H and O–H groups in total. The van der Waals surface area contributed by atoms with Gasteiger partial charge in [-0.2, -0.15) is 8.42 Å². The number of hydrogen-bond donors (Lipinski definition) is 0. The smallest absolute Gasteiger partial charge is 0.307 e. The normalized spacial score (nSPS) is 14.0. The molecule has 1 unspecified atom stereocenters. The highest BCUT2D eigenvalue weighted by atomic mass is 32.2. The van der Waals surface area contributed by atoms with Crippen molar-refractivity contribution < 1.29 is 26.2 Å².